The molecule has 1 aromatic heterocycles. The van der Waals surface area contributed by atoms with Gasteiger partial charge in [0.25, 0.3) is 0 Å². The van der Waals surface area contributed by atoms with Crippen molar-refractivity contribution in [3.8, 4) is 0 Å². The number of halogens is 1. The number of fused-ring (bicyclic) bond motifs is 3. The lowest BCUT2D eigenvalue weighted by molar-refractivity contribution is 0.599. The molecule has 76 valence electrons. The Hall–Kier alpha value is -1.02. The second kappa shape index (κ2) is 3.24. The Bertz CT molecular complexity index is 551. The van der Waals surface area contributed by atoms with Crippen LogP contribution in [0.1, 0.15) is 30.6 Å². The third-order valence-corrected chi connectivity index (χ3v) is 3.50. The highest BCUT2D eigenvalue weighted by Gasteiger charge is 2.22. The van der Waals surface area contributed by atoms with E-state index in [0.29, 0.717) is 5.92 Å². The lowest BCUT2D eigenvalue weighted by atomic mass is 9.98. The van der Waals surface area contributed by atoms with E-state index in [0.717, 1.165) is 22.2 Å². The van der Waals surface area contributed by atoms with Gasteiger partial charge in [-0.3, -0.25) is 0 Å². The Labute approximate surface area is 96.9 Å². The van der Waals surface area contributed by atoms with Gasteiger partial charge in [-0.05, 0) is 30.7 Å². The Balaban J connectivity index is 2.33. The highest BCUT2D eigenvalue weighted by atomic mass is 79.9. The Morgan fingerprint density at radius 1 is 1.40 bits per heavy atom. The molecule has 2 aromatic rings. The van der Waals surface area contributed by atoms with Crippen LogP contribution in [0.25, 0.3) is 17.0 Å². The fourth-order valence-corrected chi connectivity index (χ4v) is 2.62. The first-order valence-corrected chi connectivity index (χ1v) is 5.99. The van der Waals surface area contributed by atoms with Gasteiger partial charge in [-0.1, -0.05) is 28.9 Å². The molecule has 0 radical (unpaired) electrons. The molecule has 0 saturated carbocycles. The molecule has 0 spiro atoms. The quantitative estimate of drug-likeness (QED) is 0.725. The molecule has 1 heterocycles. The maximum atomic E-state index is 5.79. The average molecular weight is 263 g/mol. The maximum Gasteiger partial charge on any atom is 0.135 e. The summed E-state index contributed by atoms with van der Waals surface area (Å²) in [4.78, 5) is 0. The Kier molecular flexibility index (Phi) is 1.99. The van der Waals surface area contributed by atoms with Crippen molar-refractivity contribution in [3.05, 3.63) is 40.1 Å². The number of furan rings is 1. The van der Waals surface area contributed by atoms with E-state index >= 15 is 0 Å². The van der Waals surface area contributed by atoms with Gasteiger partial charge in [0.2, 0.25) is 0 Å². The van der Waals surface area contributed by atoms with Crippen molar-refractivity contribution in [2.24, 2.45) is 0 Å². The minimum atomic E-state index is 0.524. The number of allylic oxidation sites excluding steroid dienone is 1. The standard InChI is InChI=1S/C13H11BrO/c1-2-8-3-5-12-13(8)10-7-9(14)4-6-11(10)15-12/h3-8H,2H2,1H3. The van der Waals surface area contributed by atoms with E-state index < -0.39 is 0 Å². The highest BCUT2D eigenvalue weighted by Crippen LogP contribution is 2.40. The Morgan fingerprint density at radius 3 is 3.07 bits per heavy atom. The predicted molar refractivity (Wildman–Crippen MR) is 66.0 cm³/mol. The van der Waals surface area contributed by atoms with Crippen LogP contribution in [0.15, 0.2) is 33.2 Å². The summed E-state index contributed by atoms with van der Waals surface area (Å²) in [6.07, 6.45) is 5.45. The molecule has 1 aliphatic rings. The molecule has 0 fully saturated rings. The van der Waals surface area contributed by atoms with Crippen molar-refractivity contribution in [1.82, 2.24) is 0 Å². The van der Waals surface area contributed by atoms with Gasteiger partial charge >= 0.3 is 0 Å². The molecule has 0 bridgehead atoms. The third kappa shape index (κ3) is 1.28. The molecule has 1 aromatic carbocycles. The monoisotopic (exact) mass is 262 g/mol. The molecule has 1 nitrogen and oxygen atoms in total. The molecule has 0 amide bonds. The lowest BCUT2D eigenvalue weighted by Crippen LogP contribution is -1.88. The second-order valence-electron chi connectivity index (χ2n) is 3.89. The summed E-state index contributed by atoms with van der Waals surface area (Å²) < 4.78 is 6.90. The first-order valence-electron chi connectivity index (χ1n) is 5.19. The summed E-state index contributed by atoms with van der Waals surface area (Å²) in [5.41, 5.74) is 2.35. The molecule has 0 aliphatic heterocycles. The van der Waals surface area contributed by atoms with Crippen LogP contribution < -0.4 is 0 Å². The van der Waals surface area contributed by atoms with Gasteiger partial charge in [0, 0.05) is 21.3 Å². The molecule has 0 saturated heterocycles. The van der Waals surface area contributed by atoms with Crippen molar-refractivity contribution in [2.75, 3.05) is 0 Å². The number of hydrogen-bond donors (Lipinski definition) is 0. The number of benzene rings is 1. The summed E-state index contributed by atoms with van der Waals surface area (Å²) in [7, 11) is 0. The molecule has 0 N–H and O–H groups in total. The van der Waals surface area contributed by atoms with Crippen LogP contribution in [0.5, 0.6) is 0 Å². The zero-order chi connectivity index (χ0) is 10.4. The van der Waals surface area contributed by atoms with Gasteiger partial charge in [-0.2, -0.15) is 0 Å². The normalized spacial score (nSPS) is 18.7. The first kappa shape index (κ1) is 9.22. The summed E-state index contributed by atoms with van der Waals surface area (Å²) in [5, 5.41) is 1.25. The SMILES string of the molecule is CCC1C=Cc2oc3ccc(Br)cc3c21. The van der Waals surface area contributed by atoms with Gasteiger partial charge < -0.3 is 4.42 Å². The van der Waals surface area contributed by atoms with Crippen molar-refractivity contribution in [2.45, 2.75) is 19.3 Å². The van der Waals surface area contributed by atoms with Crippen molar-refractivity contribution >= 4 is 33.0 Å². The van der Waals surface area contributed by atoms with Crippen LogP contribution >= 0.6 is 15.9 Å². The highest BCUT2D eigenvalue weighted by molar-refractivity contribution is 9.10. The van der Waals surface area contributed by atoms with Crippen LogP contribution in [0.4, 0.5) is 0 Å². The van der Waals surface area contributed by atoms with Crippen LogP contribution in [0.2, 0.25) is 0 Å². The van der Waals surface area contributed by atoms with Crippen molar-refractivity contribution in [1.29, 1.82) is 0 Å². The van der Waals surface area contributed by atoms with Gasteiger partial charge in [0.1, 0.15) is 11.3 Å². The average Bonchev–Trinajstić information content (AvgIpc) is 2.76. The van der Waals surface area contributed by atoms with Gasteiger partial charge in [0.15, 0.2) is 0 Å². The van der Waals surface area contributed by atoms with Gasteiger partial charge in [-0.25, -0.2) is 0 Å². The van der Waals surface area contributed by atoms with Gasteiger partial charge in [0.05, 0.1) is 0 Å². The molecule has 2 heteroatoms. The van der Waals surface area contributed by atoms with E-state index in [1.807, 2.05) is 12.1 Å². The summed E-state index contributed by atoms with van der Waals surface area (Å²) in [6.45, 7) is 2.21. The molecule has 15 heavy (non-hydrogen) atoms. The van der Waals surface area contributed by atoms with Crippen LogP contribution in [0.3, 0.4) is 0 Å². The van der Waals surface area contributed by atoms with Crippen LogP contribution in [0, 0.1) is 0 Å². The van der Waals surface area contributed by atoms with Crippen LogP contribution in [-0.4, -0.2) is 0 Å². The molecule has 1 unspecified atom stereocenters. The van der Waals surface area contributed by atoms with Crippen molar-refractivity contribution < 1.29 is 4.42 Å². The second-order valence-corrected chi connectivity index (χ2v) is 4.81. The van der Waals surface area contributed by atoms with Crippen molar-refractivity contribution in [3.63, 3.8) is 0 Å². The zero-order valence-electron chi connectivity index (χ0n) is 8.46. The third-order valence-electron chi connectivity index (χ3n) is 3.01. The summed E-state index contributed by atoms with van der Waals surface area (Å²) >= 11 is 3.51. The van der Waals surface area contributed by atoms with E-state index in [-0.39, 0.29) is 0 Å². The zero-order valence-corrected chi connectivity index (χ0v) is 10.0. The molecular formula is C13H11BrO. The fourth-order valence-electron chi connectivity index (χ4n) is 2.25. The number of rotatable bonds is 1. The smallest absolute Gasteiger partial charge is 0.135 e. The topological polar surface area (TPSA) is 13.1 Å². The Morgan fingerprint density at radius 2 is 2.27 bits per heavy atom. The summed E-state index contributed by atoms with van der Waals surface area (Å²) in [5.74, 6) is 1.56. The maximum absolute atomic E-state index is 5.79. The van der Waals surface area contributed by atoms with E-state index in [1.165, 1.54) is 10.9 Å². The van der Waals surface area contributed by atoms with Crippen LogP contribution in [-0.2, 0) is 0 Å². The minimum absolute atomic E-state index is 0.524. The number of hydrogen-bond acceptors (Lipinski definition) is 1. The molecule has 3 rings (SSSR count). The molecular weight excluding hydrogens is 252 g/mol. The van der Waals surface area contributed by atoms with Gasteiger partial charge in [-0.15, -0.1) is 0 Å². The van der Waals surface area contributed by atoms with E-state index in [2.05, 4.69) is 41.1 Å². The fraction of sp³-hybridized carbons (Fsp3) is 0.231. The lowest BCUT2D eigenvalue weighted by Gasteiger charge is -2.04. The largest absolute Gasteiger partial charge is 0.456 e. The van der Waals surface area contributed by atoms with E-state index in [1.54, 1.807) is 0 Å². The molecule has 1 aliphatic carbocycles. The summed E-state index contributed by atoms with van der Waals surface area (Å²) in [6, 6.07) is 6.19. The molecule has 1 atom stereocenters. The van der Waals surface area contributed by atoms with E-state index in [9.17, 15) is 0 Å². The minimum Gasteiger partial charge on any atom is -0.456 e. The van der Waals surface area contributed by atoms with E-state index in [4.69, 9.17) is 4.42 Å². The predicted octanol–water partition coefficient (Wildman–Crippen LogP) is 4.72. The first-order chi connectivity index (χ1) is 7.29.